The van der Waals surface area contributed by atoms with Crippen LogP contribution >= 0.6 is 39.5 Å². The standard InChI is InChI=1S/C22H24F3N5O3S.C22H23F3N4O3S.C22H23F3N4O2S.C17H14BrF3N4O.C5H8OS.C3H7BO2/c1-12(13-4-3-5-14(17(13)23)18(24)25)29-19-15-10-16(21(31)30(2)20(15)28-11-27-19)22(32)6-8-34(26,33)9-7-22;1-12(13-4-3-5-14(17(13)23)18(24)25)28-19-15-10-16(22(31)6-8-33(32)9-7-22)21(30)29(2)20(15)27-11-26-19;1-12(13-4-3-5-14(17(13)23)18(24)25)28-19-15-10-16(22(31)6-8-32-9-7-22)21(30)29(2)20(15)27-11-26-19;1-8(9-4-3-5-10(13(9)19)14(20)21)24-15-11-6-12(18)17(26)25(2)16(11)23-7-22-15;6-5-1-3-7-4-2-5;5-4(6)3-1-2-3/h3-5,10-12,18,26,32H,6-9H2,1-2H3,(H,27,28,29);3-5,10-12,18,31H,6-9H2,1-2H3,(H,26,27,28);3-5,10-12,18,31H,6-9H2,1-2H3,(H,26,27,28);3-8,14H,1-2H3,(H,22,23,24);1-4H2;3,5-6H,1-2H2/t12-,22?,34?;12-,22?,33?;12-;8-;;/m1111../s1. The van der Waals surface area contributed by atoms with E-state index in [0.717, 1.165) is 73.0 Å². The summed E-state index contributed by atoms with van der Waals surface area (Å²) in [5, 5.41) is 63.9. The normalized spacial score (nSPS) is 19.5. The number of pyridine rings is 4. The smallest absolute Gasteiger partial charge is 0.427 e. The maximum Gasteiger partial charge on any atom is 0.454 e. The molecule has 4 aromatic carbocycles. The molecule has 1 aliphatic carbocycles. The van der Waals surface area contributed by atoms with E-state index in [1.54, 1.807) is 65.7 Å². The average molecular weight is 2070 g/mol. The van der Waals surface area contributed by atoms with Crippen molar-refractivity contribution in [3.8, 4) is 0 Å². The van der Waals surface area contributed by atoms with Crippen molar-refractivity contribution in [3.63, 3.8) is 0 Å². The van der Waals surface area contributed by atoms with Crippen LogP contribution in [0.5, 0.6) is 0 Å². The minimum atomic E-state index is -2.96. The number of nitrogens with zero attached hydrogens (tertiary/aromatic N) is 12. The minimum Gasteiger partial charge on any atom is -0.427 e. The molecule has 0 spiro atoms. The lowest BCUT2D eigenvalue weighted by Gasteiger charge is -2.33. The summed E-state index contributed by atoms with van der Waals surface area (Å²) in [5.74, 6) is 1.98. The predicted molar refractivity (Wildman–Crippen MR) is 510 cm³/mol. The molecule has 5 fully saturated rings. The zero-order valence-corrected chi connectivity index (χ0v) is 80.4. The zero-order chi connectivity index (χ0) is 100. The van der Waals surface area contributed by atoms with Gasteiger partial charge in [-0.1, -0.05) is 85.6 Å². The van der Waals surface area contributed by atoms with Crippen LogP contribution in [-0.2, 0) is 70.3 Å². The number of aliphatic hydroxyl groups is 3. The van der Waals surface area contributed by atoms with Crippen molar-refractivity contribution in [2.24, 2.45) is 28.2 Å². The number of hydrogen-bond acceptors (Lipinski definition) is 27. The van der Waals surface area contributed by atoms with E-state index >= 15 is 0 Å². The maximum absolute atomic E-state index is 14.7. The second kappa shape index (κ2) is 45.2. The fraction of sp³-hybridized carbons (Fsp3) is 0.418. The minimum absolute atomic E-state index is 0.00539. The predicted octanol–water partition coefficient (Wildman–Crippen LogP) is 16.3. The molecular weight excluding hydrogens is 1970 g/mol. The molecule has 0 amide bonds. The number of alkyl halides is 8. The fourth-order valence-electron chi connectivity index (χ4n) is 16.1. The van der Waals surface area contributed by atoms with Gasteiger partial charge in [-0.25, -0.2) is 96.8 Å². The number of nitrogens with one attached hydrogen (secondary N) is 5. The van der Waals surface area contributed by atoms with Crippen molar-refractivity contribution < 1.29 is 91.3 Å². The Balaban J connectivity index is 0.000000158. The number of benzene rings is 4. The number of carbonyl (C=O) groups is 1. The molecule has 1 saturated carbocycles. The molecule has 738 valence electrons. The van der Waals surface area contributed by atoms with Gasteiger partial charge < -0.3 is 46.6 Å². The molecule has 47 heteroatoms. The molecular formula is C91H99BBrF12N17O12S4. The molecule has 29 nitrogen and oxygen atoms in total. The number of thioether (sulfide) groups is 2. The number of ketones is 1. The molecule has 5 aliphatic rings. The van der Waals surface area contributed by atoms with Crippen LogP contribution in [0.4, 0.5) is 76.0 Å². The summed E-state index contributed by atoms with van der Waals surface area (Å²) < 4.78 is 200. The van der Waals surface area contributed by atoms with Gasteiger partial charge in [-0.05, 0) is 124 Å². The molecule has 17 rings (SSSR count). The van der Waals surface area contributed by atoms with Crippen LogP contribution in [0.2, 0.25) is 5.82 Å². The summed E-state index contributed by atoms with van der Waals surface area (Å²) in [6.45, 7) is 6.47. The first-order valence-electron chi connectivity index (χ1n) is 43.5. The van der Waals surface area contributed by atoms with Gasteiger partial charge in [-0.15, -0.1) is 0 Å². The van der Waals surface area contributed by atoms with Gasteiger partial charge in [0.05, 0.1) is 89.2 Å². The highest BCUT2D eigenvalue weighted by atomic mass is 79.9. The van der Waals surface area contributed by atoms with Crippen molar-refractivity contribution in [1.82, 2.24) is 58.1 Å². The van der Waals surface area contributed by atoms with E-state index in [2.05, 4.69) is 77.1 Å². The Bertz CT molecular complexity index is 6880. The average Bonchev–Trinajstić information content (AvgIpc) is 1.71. The van der Waals surface area contributed by atoms with Gasteiger partial charge in [0.25, 0.3) is 47.9 Å². The second-order valence-corrected chi connectivity index (χ2v) is 41.2. The van der Waals surface area contributed by atoms with Crippen molar-refractivity contribution in [2.75, 3.05) is 67.3 Å². The van der Waals surface area contributed by atoms with Crippen molar-refractivity contribution in [3.05, 3.63) is 253 Å². The highest BCUT2D eigenvalue weighted by Crippen LogP contribution is 2.42. The molecule has 4 saturated heterocycles. The Morgan fingerprint density at radius 3 is 0.971 bits per heavy atom. The van der Waals surface area contributed by atoms with Crippen LogP contribution in [0.25, 0.3) is 44.1 Å². The summed E-state index contributed by atoms with van der Waals surface area (Å²) in [6, 6.07) is 18.6. The first-order chi connectivity index (χ1) is 65.3. The van der Waals surface area contributed by atoms with Crippen LogP contribution in [0.3, 0.4) is 0 Å². The lowest BCUT2D eigenvalue weighted by atomic mass is 9.84. The molecule has 12 aromatic rings. The molecule has 0 unspecified atom stereocenters. The third-order valence-corrected chi connectivity index (χ3v) is 30.1. The number of rotatable bonds is 20. The van der Waals surface area contributed by atoms with Crippen LogP contribution in [-0.4, -0.2) is 151 Å². The molecule has 10 N–H and O–H groups in total. The van der Waals surface area contributed by atoms with Crippen molar-refractivity contribution in [1.29, 1.82) is 4.78 Å². The van der Waals surface area contributed by atoms with Crippen LogP contribution < -0.4 is 43.5 Å². The molecule has 0 radical (unpaired) electrons. The summed E-state index contributed by atoms with van der Waals surface area (Å²) in [7, 11) is 1.28. The molecule has 0 bridgehead atoms. The number of hydrogen-bond donors (Lipinski definition) is 10. The summed E-state index contributed by atoms with van der Waals surface area (Å²) in [5.41, 5.74) is -6.46. The van der Waals surface area contributed by atoms with Gasteiger partial charge in [-0.2, -0.15) is 23.5 Å². The topological polar surface area (TPSA) is 415 Å². The number of aromatic nitrogens is 12. The molecule has 8 aromatic heterocycles. The van der Waals surface area contributed by atoms with Crippen LogP contribution in [0, 0.1) is 28.0 Å². The first-order valence-corrected chi connectivity index (χ1v) is 50.0. The Hall–Kier alpha value is -10.8. The van der Waals surface area contributed by atoms with Crippen molar-refractivity contribution in [2.45, 2.75) is 164 Å². The molecule has 12 heterocycles. The molecule has 4 aliphatic heterocycles. The monoisotopic (exact) mass is 2070 g/mol. The lowest BCUT2D eigenvalue weighted by molar-refractivity contribution is -0.118. The number of Topliss-reactive ketones (excluding diaryl/α,β-unsaturated/α-hetero) is 1. The fourth-order valence-corrected chi connectivity index (χ4v) is 21.6. The molecule has 4 atom stereocenters. The Labute approximate surface area is 802 Å². The quantitative estimate of drug-likeness (QED) is 0.0250. The van der Waals surface area contributed by atoms with E-state index < -0.39 is 151 Å². The number of halogens is 13. The Kier molecular flexibility index (Phi) is 34.8. The van der Waals surface area contributed by atoms with E-state index in [-0.39, 0.29) is 122 Å². The van der Waals surface area contributed by atoms with Gasteiger partial charge >= 0.3 is 7.12 Å². The van der Waals surface area contributed by atoms with E-state index in [1.165, 1.54) is 118 Å². The van der Waals surface area contributed by atoms with E-state index in [4.69, 9.17) is 14.8 Å². The third-order valence-electron chi connectivity index (χ3n) is 24.5. The lowest BCUT2D eigenvalue weighted by Crippen LogP contribution is -2.41. The molecule has 138 heavy (non-hydrogen) atoms. The third kappa shape index (κ3) is 24.3. The van der Waals surface area contributed by atoms with Gasteiger partial charge in [0, 0.05) is 135 Å². The van der Waals surface area contributed by atoms with Crippen molar-refractivity contribution >= 4 is 140 Å². The number of fused-ring (bicyclic) bond motifs is 4. The van der Waals surface area contributed by atoms with E-state index in [1.807, 2.05) is 11.8 Å². The SMILES string of the molecule is C[C@@H](Nc1ncnc2c1cc(Br)c(=O)n2C)c1cccc(C(F)F)c1F.C[C@@H](Nc1ncnc2c1cc(C1(O)CCS(=N)(=O)CC1)c(=O)n2C)c1cccc(C(F)F)c1F.C[C@@H](Nc1ncnc2c1cc(C1(O)CCS(=O)CC1)c(=O)n2C)c1cccc(C(F)F)c1F.C[C@@H](Nc1ncnc2c1cc(C1(O)CCSCC1)c(=O)n2C)c1cccc(C(F)F)c1F.O=C1CCSCC1.OB(O)C1CC1. The highest BCUT2D eigenvalue weighted by molar-refractivity contribution is 9.10. The van der Waals surface area contributed by atoms with Crippen LogP contribution in [0.15, 0.2) is 146 Å². The summed E-state index contributed by atoms with van der Waals surface area (Å²) >= 11 is 6.79. The zero-order valence-electron chi connectivity index (χ0n) is 75.6. The van der Waals surface area contributed by atoms with Gasteiger partial charge in [0.1, 0.15) is 100 Å². The van der Waals surface area contributed by atoms with Gasteiger partial charge in [0.15, 0.2) is 0 Å². The van der Waals surface area contributed by atoms with E-state index in [0.29, 0.717) is 73.2 Å². The van der Waals surface area contributed by atoms with Gasteiger partial charge in [0.2, 0.25) is 0 Å². The van der Waals surface area contributed by atoms with E-state index in [9.17, 15) is 100 Å². The maximum atomic E-state index is 14.7. The highest BCUT2D eigenvalue weighted by Gasteiger charge is 2.42. The number of anilines is 4. The van der Waals surface area contributed by atoms with Crippen LogP contribution in [0.1, 0.15) is 203 Å². The Morgan fingerprint density at radius 2 is 0.703 bits per heavy atom. The number of aryl methyl sites for hydroxylation is 4. The first kappa shape index (κ1) is 106. The largest absolute Gasteiger partial charge is 0.454 e. The second-order valence-electron chi connectivity index (χ2n) is 33.8. The summed E-state index contributed by atoms with van der Waals surface area (Å²) in [4.78, 5) is 94.9. The number of carbonyl (C=O) groups excluding carboxylic acids is 1. The summed E-state index contributed by atoms with van der Waals surface area (Å²) in [6.07, 6.45) is -1.85. The Morgan fingerprint density at radius 1 is 0.435 bits per heavy atom. The van der Waals surface area contributed by atoms with Gasteiger partial charge in [-0.3, -0.25) is 51.2 Å².